The molecule has 1 aromatic rings. The Kier molecular flexibility index (Phi) is 3.83. The van der Waals surface area contributed by atoms with Crippen LogP contribution < -0.4 is 4.74 Å². The van der Waals surface area contributed by atoms with E-state index in [4.69, 9.17) is 9.47 Å². The second kappa shape index (κ2) is 5.35. The van der Waals surface area contributed by atoms with Crippen LogP contribution in [0, 0.1) is 0 Å². The van der Waals surface area contributed by atoms with Crippen LogP contribution in [-0.2, 0) is 4.74 Å². The summed E-state index contributed by atoms with van der Waals surface area (Å²) in [6.07, 6.45) is 2.66. The topological polar surface area (TPSA) is 21.8 Å². The molecule has 88 valence electrons. The number of hydrogen-bond acceptors (Lipinski definition) is 2. The lowest BCUT2D eigenvalue weighted by Crippen LogP contribution is -2.07. The molecule has 1 aliphatic heterocycles. The van der Waals surface area contributed by atoms with Crippen LogP contribution in [0.5, 0.6) is 5.75 Å². The molecule has 0 aliphatic carbocycles. The molecule has 0 aromatic heterocycles. The number of ether oxygens (including phenoxy) is 2. The molecule has 0 saturated carbocycles. The van der Waals surface area contributed by atoms with E-state index < -0.39 is 0 Å². The van der Waals surface area contributed by atoms with Crippen molar-refractivity contribution >= 4 is 0 Å². The number of hydrogen-bond donors (Lipinski definition) is 0. The summed E-state index contributed by atoms with van der Waals surface area (Å²) in [4.78, 5) is 0. The summed E-state index contributed by atoms with van der Waals surface area (Å²) in [5, 5.41) is 0. The van der Waals surface area contributed by atoms with E-state index >= 15 is 0 Å². The molecule has 1 aliphatic rings. The van der Waals surface area contributed by atoms with Gasteiger partial charge in [0.1, 0.15) is 18.5 Å². The predicted molar refractivity (Wildman–Crippen MR) is 65.0 cm³/mol. The molecule has 0 spiro atoms. The number of benzene rings is 1. The second-order valence-electron chi connectivity index (χ2n) is 4.32. The Hall–Kier alpha value is -1.02. The molecule has 16 heavy (non-hydrogen) atoms. The smallest absolute Gasteiger partial charge is 0.122 e. The van der Waals surface area contributed by atoms with E-state index in [0.29, 0.717) is 18.6 Å². The van der Waals surface area contributed by atoms with Crippen molar-refractivity contribution in [2.45, 2.75) is 38.7 Å². The van der Waals surface area contributed by atoms with Crippen molar-refractivity contribution in [3.05, 3.63) is 29.8 Å². The molecule has 0 radical (unpaired) electrons. The van der Waals surface area contributed by atoms with Crippen molar-refractivity contribution in [3.8, 4) is 5.75 Å². The third kappa shape index (κ3) is 2.76. The van der Waals surface area contributed by atoms with Crippen molar-refractivity contribution in [2.75, 3.05) is 13.2 Å². The van der Waals surface area contributed by atoms with Gasteiger partial charge in [0.15, 0.2) is 0 Å². The van der Waals surface area contributed by atoms with Crippen molar-refractivity contribution < 1.29 is 9.47 Å². The molecule has 0 amide bonds. The van der Waals surface area contributed by atoms with Crippen LogP contribution >= 0.6 is 0 Å². The van der Waals surface area contributed by atoms with Crippen LogP contribution in [0.2, 0.25) is 0 Å². The highest BCUT2D eigenvalue weighted by atomic mass is 16.6. The molecule has 2 heteroatoms. The molecular formula is C14H20O2. The van der Waals surface area contributed by atoms with Gasteiger partial charge in [0.05, 0.1) is 6.61 Å². The summed E-state index contributed by atoms with van der Waals surface area (Å²) in [7, 11) is 0. The third-order valence-corrected chi connectivity index (χ3v) is 3.17. The molecule has 2 rings (SSSR count). The zero-order chi connectivity index (χ0) is 11.4. The molecule has 0 bridgehead atoms. The normalized spacial score (nSPS) is 18.8. The molecule has 1 aromatic carbocycles. The first-order valence-electron chi connectivity index (χ1n) is 6.18. The Morgan fingerprint density at radius 2 is 2.00 bits per heavy atom. The molecule has 0 N–H and O–H groups in total. The van der Waals surface area contributed by atoms with Gasteiger partial charge in [-0.3, -0.25) is 0 Å². The van der Waals surface area contributed by atoms with Gasteiger partial charge in [0.2, 0.25) is 0 Å². The van der Waals surface area contributed by atoms with E-state index in [1.54, 1.807) is 0 Å². The maximum atomic E-state index is 5.82. The van der Waals surface area contributed by atoms with E-state index in [0.717, 1.165) is 25.2 Å². The van der Waals surface area contributed by atoms with Gasteiger partial charge in [-0.2, -0.15) is 0 Å². The average Bonchev–Trinajstić information content (AvgIpc) is 3.13. The largest absolute Gasteiger partial charge is 0.490 e. The lowest BCUT2D eigenvalue weighted by atomic mass is 9.93. The molecular weight excluding hydrogens is 200 g/mol. The van der Waals surface area contributed by atoms with Crippen LogP contribution in [0.15, 0.2) is 24.3 Å². The highest BCUT2D eigenvalue weighted by Gasteiger charge is 2.23. The van der Waals surface area contributed by atoms with E-state index in [9.17, 15) is 0 Å². The zero-order valence-electron chi connectivity index (χ0n) is 10.1. The summed E-state index contributed by atoms with van der Waals surface area (Å²) in [6, 6.07) is 8.37. The Balaban J connectivity index is 2.08. The van der Waals surface area contributed by atoms with Crippen molar-refractivity contribution in [1.82, 2.24) is 0 Å². The molecule has 2 nitrogen and oxygen atoms in total. The quantitative estimate of drug-likeness (QED) is 0.686. The van der Waals surface area contributed by atoms with Gasteiger partial charge >= 0.3 is 0 Å². The minimum Gasteiger partial charge on any atom is -0.490 e. The van der Waals surface area contributed by atoms with Gasteiger partial charge in [-0.1, -0.05) is 32.0 Å². The van der Waals surface area contributed by atoms with E-state index in [-0.39, 0.29) is 0 Å². The van der Waals surface area contributed by atoms with Gasteiger partial charge in [0, 0.05) is 0 Å². The highest BCUT2D eigenvalue weighted by molar-refractivity contribution is 5.36. The summed E-state index contributed by atoms with van der Waals surface area (Å²) in [5.74, 6) is 1.64. The van der Waals surface area contributed by atoms with Crippen molar-refractivity contribution in [2.24, 2.45) is 0 Å². The fourth-order valence-corrected chi connectivity index (χ4v) is 2.02. The lowest BCUT2D eigenvalue weighted by molar-refractivity contribution is 0.259. The first-order valence-corrected chi connectivity index (χ1v) is 6.18. The molecule has 1 saturated heterocycles. The maximum Gasteiger partial charge on any atom is 0.122 e. The van der Waals surface area contributed by atoms with E-state index in [2.05, 4.69) is 32.0 Å². The minimum atomic E-state index is 0.328. The summed E-state index contributed by atoms with van der Waals surface area (Å²) in [6.45, 7) is 6.01. The van der Waals surface area contributed by atoms with Gasteiger partial charge in [-0.15, -0.1) is 0 Å². The Morgan fingerprint density at radius 1 is 1.31 bits per heavy atom. The van der Waals surface area contributed by atoms with E-state index in [1.807, 2.05) is 6.07 Å². The highest BCUT2D eigenvalue weighted by Crippen LogP contribution is 2.31. The fourth-order valence-electron chi connectivity index (χ4n) is 2.02. The predicted octanol–water partition coefficient (Wildman–Crippen LogP) is 3.37. The van der Waals surface area contributed by atoms with E-state index in [1.165, 1.54) is 5.56 Å². The van der Waals surface area contributed by atoms with Crippen molar-refractivity contribution in [3.63, 3.8) is 0 Å². The van der Waals surface area contributed by atoms with Gasteiger partial charge in [0.25, 0.3) is 0 Å². The Bertz CT molecular complexity index is 327. The molecule has 1 unspecified atom stereocenters. The minimum absolute atomic E-state index is 0.328. The van der Waals surface area contributed by atoms with Crippen LogP contribution in [0.25, 0.3) is 0 Å². The molecule has 1 atom stereocenters. The number of para-hydroxylation sites is 1. The third-order valence-electron chi connectivity index (χ3n) is 3.17. The summed E-state index contributed by atoms with van der Waals surface area (Å²) in [5.41, 5.74) is 1.34. The van der Waals surface area contributed by atoms with Gasteiger partial charge in [-0.25, -0.2) is 0 Å². The Morgan fingerprint density at radius 3 is 2.62 bits per heavy atom. The zero-order valence-corrected chi connectivity index (χ0v) is 10.1. The van der Waals surface area contributed by atoms with Crippen LogP contribution in [0.3, 0.4) is 0 Å². The SMILES string of the molecule is CCC(CC)c1ccccc1OCC1CO1. The van der Waals surface area contributed by atoms with Crippen LogP contribution in [-0.4, -0.2) is 19.3 Å². The van der Waals surface area contributed by atoms with Crippen LogP contribution in [0.4, 0.5) is 0 Å². The first kappa shape index (κ1) is 11.5. The van der Waals surface area contributed by atoms with Crippen LogP contribution in [0.1, 0.15) is 38.2 Å². The summed E-state index contributed by atoms with van der Waals surface area (Å²) < 4.78 is 11.0. The number of rotatable bonds is 6. The second-order valence-corrected chi connectivity index (χ2v) is 4.32. The lowest BCUT2D eigenvalue weighted by Gasteiger charge is -2.17. The van der Waals surface area contributed by atoms with Crippen molar-refractivity contribution in [1.29, 1.82) is 0 Å². The standard InChI is InChI=1S/C14H20O2/c1-3-11(4-2)13-7-5-6-8-14(13)16-10-12-9-15-12/h5-8,11-12H,3-4,9-10H2,1-2H3. The first-order chi connectivity index (χ1) is 7.85. The average molecular weight is 220 g/mol. The monoisotopic (exact) mass is 220 g/mol. The maximum absolute atomic E-state index is 5.82. The number of epoxide rings is 1. The summed E-state index contributed by atoms with van der Waals surface area (Å²) >= 11 is 0. The fraction of sp³-hybridized carbons (Fsp3) is 0.571. The van der Waals surface area contributed by atoms with Gasteiger partial charge in [-0.05, 0) is 30.4 Å². The Labute approximate surface area is 97.6 Å². The van der Waals surface area contributed by atoms with Gasteiger partial charge < -0.3 is 9.47 Å². The molecule has 1 fully saturated rings. The molecule has 1 heterocycles.